The highest BCUT2D eigenvalue weighted by molar-refractivity contribution is 5.85. The van der Waals surface area contributed by atoms with Crippen molar-refractivity contribution in [2.24, 2.45) is 0 Å². The summed E-state index contributed by atoms with van der Waals surface area (Å²) in [5.41, 5.74) is 2.48. The summed E-state index contributed by atoms with van der Waals surface area (Å²) in [7, 11) is 1.78. The molecule has 0 aliphatic carbocycles. The normalized spacial score (nSPS) is 15.7. The van der Waals surface area contributed by atoms with Crippen LogP contribution in [0, 0.1) is 5.82 Å². The average Bonchev–Trinajstić information content (AvgIpc) is 2.62. The van der Waals surface area contributed by atoms with E-state index in [9.17, 15) is 9.18 Å². The van der Waals surface area contributed by atoms with Crippen LogP contribution in [-0.4, -0.2) is 37.0 Å². The number of likely N-dealkylation sites (N-methyl/N-ethyl adjacent to an activating group) is 1. The number of nitrogens with zero attached hydrogens (tertiary/aromatic N) is 1. The maximum Gasteiger partial charge on any atom is 0.239 e. The number of carbonyl (C=O) groups excluding carboxylic acids is 1. The number of halogens is 2. The molecule has 1 aliphatic rings. The van der Waals surface area contributed by atoms with Gasteiger partial charge in [-0.1, -0.05) is 24.3 Å². The molecule has 134 valence electrons. The van der Waals surface area contributed by atoms with Gasteiger partial charge in [0.1, 0.15) is 18.2 Å². The molecule has 4 nitrogen and oxygen atoms in total. The van der Waals surface area contributed by atoms with Crippen molar-refractivity contribution in [2.45, 2.75) is 19.0 Å². The first-order valence-corrected chi connectivity index (χ1v) is 8.07. The van der Waals surface area contributed by atoms with E-state index in [1.165, 1.54) is 23.3 Å². The van der Waals surface area contributed by atoms with E-state index in [-0.39, 0.29) is 30.2 Å². The topological polar surface area (TPSA) is 41.6 Å². The van der Waals surface area contributed by atoms with Crippen LogP contribution in [0.2, 0.25) is 0 Å². The van der Waals surface area contributed by atoms with Crippen LogP contribution in [0.3, 0.4) is 0 Å². The maximum absolute atomic E-state index is 12.8. The highest BCUT2D eigenvalue weighted by atomic mass is 35.5. The minimum atomic E-state index is -0.293. The smallest absolute Gasteiger partial charge is 0.239 e. The molecule has 2 aromatic rings. The van der Waals surface area contributed by atoms with E-state index in [1.54, 1.807) is 24.1 Å². The summed E-state index contributed by atoms with van der Waals surface area (Å²) in [6.45, 7) is 1.57. The predicted octanol–water partition coefficient (Wildman–Crippen LogP) is 2.80. The molecule has 0 bridgehead atoms. The van der Waals surface area contributed by atoms with E-state index in [0.717, 1.165) is 0 Å². The number of rotatable bonds is 5. The molecule has 1 unspecified atom stereocenters. The molecular formula is C19H22ClFN2O2. The minimum absolute atomic E-state index is 0. The van der Waals surface area contributed by atoms with Gasteiger partial charge < -0.3 is 15.0 Å². The lowest BCUT2D eigenvalue weighted by Gasteiger charge is -2.29. The van der Waals surface area contributed by atoms with Crippen LogP contribution in [0.4, 0.5) is 4.39 Å². The average molecular weight is 365 g/mol. The summed E-state index contributed by atoms with van der Waals surface area (Å²) in [5.74, 6) is 0.368. The lowest BCUT2D eigenvalue weighted by Crippen LogP contribution is -2.49. The van der Waals surface area contributed by atoms with Gasteiger partial charge in [-0.2, -0.15) is 0 Å². The van der Waals surface area contributed by atoms with Gasteiger partial charge in [-0.3, -0.25) is 4.79 Å². The lowest BCUT2D eigenvalue weighted by molar-refractivity contribution is -0.132. The maximum atomic E-state index is 12.8. The number of benzene rings is 2. The first-order valence-electron chi connectivity index (χ1n) is 8.07. The molecule has 1 atom stereocenters. The number of hydrogen-bond donors (Lipinski definition) is 1. The Hall–Kier alpha value is -2.11. The third-order valence-corrected chi connectivity index (χ3v) is 4.26. The number of fused-ring (bicyclic) bond motifs is 1. The number of ether oxygens (including phenoxy) is 1. The zero-order valence-electron chi connectivity index (χ0n) is 14.1. The number of hydrogen-bond acceptors (Lipinski definition) is 3. The third kappa shape index (κ3) is 4.94. The van der Waals surface area contributed by atoms with Gasteiger partial charge in [-0.15, -0.1) is 12.4 Å². The summed E-state index contributed by atoms with van der Waals surface area (Å²) >= 11 is 0. The fourth-order valence-electron chi connectivity index (χ4n) is 2.84. The van der Waals surface area contributed by atoms with Crippen molar-refractivity contribution < 1.29 is 13.9 Å². The van der Waals surface area contributed by atoms with Crippen LogP contribution in [0.1, 0.15) is 11.1 Å². The largest absolute Gasteiger partial charge is 0.492 e. The first-order chi connectivity index (χ1) is 11.6. The molecule has 0 radical (unpaired) electrons. The van der Waals surface area contributed by atoms with Crippen LogP contribution in [0.25, 0.3) is 0 Å². The van der Waals surface area contributed by atoms with Crippen molar-refractivity contribution in [2.75, 3.05) is 20.2 Å². The number of carbonyl (C=O) groups is 1. The zero-order valence-corrected chi connectivity index (χ0v) is 14.9. The summed E-state index contributed by atoms with van der Waals surface area (Å²) < 4.78 is 18.4. The van der Waals surface area contributed by atoms with E-state index in [4.69, 9.17) is 4.74 Å². The second-order valence-corrected chi connectivity index (χ2v) is 5.97. The third-order valence-electron chi connectivity index (χ3n) is 4.26. The van der Waals surface area contributed by atoms with Gasteiger partial charge in [-0.05, 0) is 41.8 Å². The fraction of sp³-hybridized carbons (Fsp3) is 0.316. The van der Waals surface area contributed by atoms with Crippen molar-refractivity contribution in [3.8, 4) is 5.75 Å². The fourth-order valence-corrected chi connectivity index (χ4v) is 2.84. The molecule has 0 saturated heterocycles. The Balaban J connectivity index is 0.00000225. The van der Waals surface area contributed by atoms with Crippen LogP contribution in [0.15, 0.2) is 48.5 Å². The summed E-state index contributed by atoms with van der Waals surface area (Å²) in [6.07, 6.45) is 0.707. The molecule has 2 aromatic carbocycles. The molecule has 1 heterocycles. The van der Waals surface area contributed by atoms with Crippen LogP contribution in [0.5, 0.6) is 5.75 Å². The van der Waals surface area contributed by atoms with Crippen LogP contribution >= 0.6 is 12.4 Å². The SMILES string of the molecule is CN(CCOc1ccc(F)cc1)C(=O)C1Cc2ccccc2CN1.Cl. The van der Waals surface area contributed by atoms with Crippen molar-refractivity contribution in [1.82, 2.24) is 10.2 Å². The Kier molecular flexibility index (Phi) is 6.79. The predicted molar refractivity (Wildman–Crippen MR) is 97.6 cm³/mol. The second kappa shape index (κ2) is 8.83. The molecule has 0 spiro atoms. The summed E-state index contributed by atoms with van der Waals surface area (Å²) in [6, 6.07) is 13.9. The molecule has 1 aliphatic heterocycles. The van der Waals surface area contributed by atoms with Crippen LogP contribution in [-0.2, 0) is 17.8 Å². The molecule has 0 saturated carbocycles. The number of amides is 1. The second-order valence-electron chi connectivity index (χ2n) is 5.97. The van der Waals surface area contributed by atoms with Crippen molar-refractivity contribution in [3.63, 3.8) is 0 Å². The van der Waals surface area contributed by atoms with Gasteiger partial charge >= 0.3 is 0 Å². The minimum Gasteiger partial charge on any atom is -0.492 e. The van der Waals surface area contributed by atoms with E-state index in [0.29, 0.717) is 31.9 Å². The monoisotopic (exact) mass is 364 g/mol. The standard InChI is InChI=1S/C19H21FN2O2.ClH/c1-22(10-11-24-17-8-6-16(20)7-9-17)19(23)18-12-14-4-2-3-5-15(14)13-21-18;/h2-9,18,21H,10-13H2,1H3;1H. The highest BCUT2D eigenvalue weighted by Crippen LogP contribution is 2.17. The Labute approximate surface area is 153 Å². The quantitative estimate of drug-likeness (QED) is 0.887. The van der Waals surface area contributed by atoms with Gasteiger partial charge in [0.15, 0.2) is 0 Å². The Morgan fingerprint density at radius 1 is 1.20 bits per heavy atom. The van der Waals surface area contributed by atoms with Crippen LogP contribution < -0.4 is 10.1 Å². The molecular weight excluding hydrogens is 343 g/mol. The Morgan fingerprint density at radius 2 is 1.88 bits per heavy atom. The molecule has 0 aromatic heterocycles. The summed E-state index contributed by atoms with van der Waals surface area (Å²) in [5, 5.41) is 3.30. The molecule has 1 amide bonds. The van der Waals surface area contributed by atoms with E-state index >= 15 is 0 Å². The first kappa shape index (κ1) is 19.2. The Bertz CT molecular complexity index is 709. The van der Waals surface area contributed by atoms with Crippen molar-refractivity contribution >= 4 is 18.3 Å². The van der Waals surface area contributed by atoms with Gasteiger partial charge in [0.05, 0.1) is 12.6 Å². The van der Waals surface area contributed by atoms with Gasteiger partial charge in [0.25, 0.3) is 0 Å². The summed E-state index contributed by atoms with van der Waals surface area (Å²) in [4.78, 5) is 14.2. The van der Waals surface area contributed by atoms with Gasteiger partial charge in [-0.25, -0.2) is 4.39 Å². The van der Waals surface area contributed by atoms with Gasteiger partial charge in [0, 0.05) is 13.6 Å². The molecule has 3 rings (SSSR count). The lowest BCUT2D eigenvalue weighted by atomic mass is 9.95. The van der Waals surface area contributed by atoms with Crippen molar-refractivity contribution in [1.29, 1.82) is 0 Å². The molecule has 0 fully saturated rings. The Morgan fingerprint density at radius 3 is 2.60 bits per heavy atom. The zero-order chi connectivity index (χ0) is 16.9. The van der Waals surface area contributed by atoms with Gasteiger partial charge in [0.2, 0.25) is 5.91 Å². The van der Waals surface area contributed by atoms with E-state index < -0.39 is 0 Å². The number of nitrogens with one attached hydrogen (secondary N) is 1. The highest BCUT2D eigenvalue weighted by Gasteiger charge is 2.26. The van der Waals surface area contributed by atoms with Crippen molar-refractivity contribution in [3.05, 3.63) is 65.5 Å². The molecule has 1 N–H and O–H groups in total. The van der Waals surface area contributed by atoms with E-state index in [1.807, 2.05) is 12.1 Å². The van der Waals surface area contributed by atoms with E-state index in [2.05, 4.69) is 17.4 Å². The molecule has 25 heavy (non-hydrogen) atoms. The molecule has 6 heteroatoms.